The third-order valence-electron chi connectivity index (χ3n) is 1.91. The summed E-state index contributed by atoms with van der Waals surface area (Å²) in [4.78, 5) is 5.40. The zero-order valence-electron chi connectivity index (χ0n) is 7.71. The number of hydrogen-bond acceptors (Lipinski definition) is 3. The molecule has 2 nitrogen and oxygen atoms in total. The molecule has 15 heavy (non-hydrogen) atoms. The Labute approximate surface area is 105 Å². The highest BCUT2D eigenvalue weighted by atomic mass is 79.9. The van der Waals surface area contributed by atoms with Crippen LogP contribution in [0.5, 0.6) is 0 Å². The molecule has 1 aromatic carbocycles. The third kappa shape index (κ3) is 2.39. The van der Waals surface area contributed by atoms with Crippen molar-refractivity contribution in [2.45, 2.75) is 6.54 Å². The summed E-state index contributed by atoms with van der Waals surface area (Å²) < 4.78 is 0.843. The van der Waals surface area contributed by atoms with Crippen LogP contribution in [-0.2, 0) is 6.54 Å². The molecule has 0 aliphatic heterocycles. The van der Waals surface area contributed by atoms with Gasteiger partial charge in [0.05, 0.1) is 4.88 Å². The maximum Gasteiger partial charge on any atom is 0.125 e. The fraction of sp³-hybridized carbons (Fsp3) is 0.100. The van der Waals surface area contributed by atoms with E-state index in [2.05, 4.69) is 20.9 Å². The summed E-state index contributed by atoms with van der Waals surface area (Å²) in [6.45, 7) is 0.469. The van der Waals surface area contributed by atoms with Crippen molar-refractivity contribution in [1.29, 1.82) is 0 Å². The lowest BCUT2D eigenvalue weighted by Crippen LogP contribution is -1.93. The van der Waals surface area contributed by atoms with Crippen LogP contribution in [0.25, 0.3) is 10.4 Å². The van der Waals surface area contributed by atoms with Crippen molar-refractivity contribution in [3.8, 4) is 10.4 Å². The first-order valence-corrected chi connectivity index (χ1v) is 6.30. The number of hydrogen-bond donors (Lipinski definition) is 1. The summed E-state index contributed by atoms with van der Waals surface area (Å²) in [7, 11) is 0. The van der Waals surface area contributed by atoms with Gasteiger partial charge >= 0.3 is 0 Å². The second-order valence-electron chi connectivity index (χ2n) is 2.94. The van der Waals surface area contributed by atoms with Crippen LogP contribution in [0.4, 0.5) is 0 Å². The Balaban J connectivity index is 2.44. The van der Waals surface area contributed by atoms with Gasteiger partial charge in [0.2, 0.25) is 0 Å². The van der Waals surface area contributed by atoms with E-state index < -0.39 is 0 Å². The summed E-state index contributed by atoms with van der Waals surface area (Å²) in [6.07, 6.45) is 0. The van der Waals surface area contributed by atoms with Gasteiger partial charge in [0.1, 0.15) is 9.61 Å². The lowest BCUT2D eigenvalue weighted by atomic mass is 10.2. The minimum Gasteiger partial charge on any atom is -0.325 e. The Morgan fingerprint density at radius 3 is 2.53 bits per heavy atom. The first-order valence-electron chi connectivity index (χ1n) is 4.32. The molecule has 5 heteroatoms. The Morgan fingerprint density at radius 2 is 2.00 bits per heavy atom. The molecule has 1 heterocycles. The Morgan fingerprint density at radius 1 is 1.33 bits per heavy atom. The van der Waals surface area contributed by atoms with Crippen molar-refractivity contribution < 1.29 is 0 Å². The molecule has 2 aromatic rings. The Bertz CT molecular complexity index is 467. The van der Waals surface area contributed by atoms with Crippen LogP contribution in [0.15, 0.2) is 28.9 Å². The van der Waals surface area contributed by atoms with Crippen LogP contribution in [0.3, 0.4) is 0 Å². The van der Waals surface area contributed by atoms with Crippen molar-refractivity contribution in [3.63, 3.8) is 0 Å². The minimum absolute atomic E-state index is 0.469. The van der Waals surface area contributed by atoms with Gasteiger partial charge in [0, 0.05) is 11.6 Å². The molecule has 0 aliphatic rings. The van der Waals surface area contributed by atoms with Gasteiger partial charge in [-0.25, -0.2) is 4.98 Å². The van der Waals surface area contributed by atoms with E-state index in [9.17, 15) is 0 Å². The molecule has 2 N–H and O–H groups in total. The highest BCUT2D eigenvalue weighted by Crippen LogP contribution is 2.34. The van der Waals surface area contributed by atoms with Gasteiger partial charge < -0.3 is 5.73 Å². The predicted octanol–water partition coefficient (Wildman–Crippen LogP) is 3.68. The fourth-order valence-electron chi connectivity index (χ4n) is 1.21. The highest BCUT2D eigenvalue weighted by molar-refractivity contribution is 9.10. The lowest BCUT2D eigenvalue weighted by molar-refractivity contribution is 1.03. The zero-order chi connectivity index (χ0) is 10.8. The summed E-state index contributed by atoms with van der Waals surface area (Å²) in [5.41, 5.74) is 6.64. The summed E-state index contributed by atoms with van der Waals surface area (Å²) >= 11 is 10.8. The van der Waals surface area contributed by atoms with Gasteiger partial charge in [0.25, 0.3) is 0 Å². The van der Waals surface area contributed by atoms with Gasteiger partial charge in [-0.3, -0.25) is 0 Å². The molecule has 0 atom stereocenters. The van der Waals surface area contributed by atoms with E-state index in [0.29, 0.717) is 6.54 Å². The van der Waals surface area contributed by atoms with Gasteiger partial charge in [-0.2, -0.15) is 0 Å². The molecule has 0 spiro atoms. The van der Waals surface area contributed by atoms with Gasteiger partial charge in [-0.1, -0.05) is 23.7 Å². The molecule has 0 aliphatic carbocycles. The number of nitrogens with two attached hydrogens (primary N) is 1. The SMILES string of the molecule is NCc1nc(Br)c(-c2ccc(Cl)cc2)s1. The second kappa shape index (κ2) is 4.61. The van der Waals surface area contributed by atoms with Crippen molar-refractivity contribution >= 4 is 38.9 Å². The molecule has 0 radical (unpaired) electrons. The van der Waals surface area contributed by atoms with Crippen molar-refractivity contribution in [2.75, 3.05) is 0 Å². The van der Waals surface area contributed by atoms with Crippen LogP contribution >= 0.6 is 38.9 Å². The topological polar surface area (TPSA) is 38.9 Å². The van der Waals surface area contributed by atoms with Crippen LogP contribution < -0.4 is 5.73 Å². The predicted molar refractivity (Wildman–Crippen MR) is 68.2 cm³/mol. The molecule has 0 unspecified atom stereocenters. The number of benzene rings is 1. The standard InChI is InChI=1S/C10H8BrClN2S/c11-10-9(15-8(5-13)14-10)6-1-3-7(12)4-2-6/h1-4H,5,13H2. The highest BCUT2D eigenvalue weighted by Gasteiger charge is 2.09. The summed E-state index contributed by atoms with van der Waals surface area (Å²) in [6, 6.07) is 7.68. The van der Waals surface area contributed by atoms with E-state index in [1.807, 2.05) is 24.3 Å². The van der Waals surface area contributed by atoms with Crippen LogP contribution in [-0.4, -0.2) is 4.98 Å². The van der Waals surface area contributed by atoms with E-state index in [1.165, 1.54) is 0 Å². The molecular weight excluding hydrogens is 296 g/mol. The smallest absolute Gasteiger partial charge is 0.125 e. The van der Waals surface area contributed by atoms with Crippen LogP contribution in [0, 0.1) is 0 Å². The monoisotopic (exact) mass is 302 g/mol. The molecule has 1 aromatic heterocycles. The number of thiazole rings is 1. The number of nitrogens with zero attached hydrogens (tertiary/aromatic N) is 1. The molecule has 0 fully saturated rings. The average molecular weight is 304 g/mol. The molecule has 0 saturated carbocycles. The quantitative estimate of drug-likeness (QED) is 0.919. The summed E-state index contributed by atoms with van der Waals surface area (Å²) in [5, 5.41) is 1.66. The molecule has 0 saturated heterocycles. The fourth-order valence-corrected chi connectivity index (χ4v) is 2.98. The van der Waals surface area contributed by atoms with Gasteiger partial charge in [0.15, 0.2) is 0 Å². The van der Waals surface area contributed by atoms with Crippen molar-refractivity contribution in [3.05, 3.63) is 38.9 Å². The Kier molecular flexibility index (Phi) is 3.41. The summed E-state index contributed by atoms with van der Waals surface area (Å²) in [5.74, 6) is 0. The van der Waals surface area contributed by atoms with Crippen molar-refractivity contribution in [2.24, 2.45) is 5.73 Å². The third-order valence-corrected chi connectivity index (χ3v) is 4.13. The lowest BCUT2D eigenvalue weighted by Gasteiger charge is -1.97. The minimum atomic E-state index is 0.469. The van der Waals surface area contributed by atoms with E-state index in [4.69, 9.17) is 17.3 Å². The first kappa shape index (κ1) is 11.1. The largest absolute Gasteiger partial charge is 0.325 e. The second-order valence-corrected chi connectivity index (χ2v) is 5.21. The number of rotatable bonds is 2. The Hall–Kier alpha value is -0.420. The molecule has 78 valence electrons. The van der Waals surface area contributed by atoms with E-state index in [1.54, 1.807) is 11.3 Å². The van der Waals surface area contributed by atoms with Gasteiger partial charge in [-0.15, -0.1) is 11.3 Å². The number of halogens is 2. The normalized spacial score (nSPS) is 10.6. The molecule has 2 rings (SSSR count). The maximum absolute atomic E-state index is 5.83. The average Bonchev–Trinajstić information content (AvgIpc) is 2.61. The van der Waals surface area contributed by atoms with Crippen molar-refractivity contribution in [1.82, 2.24) is 4.98 Å². The van der Waals surface area contributed by atoms with E-state index >= 15 is 0 Å². The zero-order valence-corrected chi connectivity index (χ0v) is 10.9. The molecular formula is C10H8BrClN2S. The number of aromatic nitrogens is 1. The van der Waals surface area contributed by atoms with Crippen LogP contribution in [0.2, 0.25) is 5.02 Å². The van der Waals surface area contributed by atoms with E-state index in [0.717, 1.165) is 25.1 Å². The van der Waals surface area contributed by atoms with Gasteiger partial charge in [-0.05, 0) is 33.6 Å². The van der Waals surface area contributed by atoms with E-state index in [-0.39, 0.29) is 0 Å². The molecule has 0 bridgehead atoms. The first-order chi connectivity index (χ1) is 7.20. The maximum atomic E-state index is 5.83. The molecule has 0 amide bonds. The van der Waals surface area contributed by atoms with Crippen LogP contribution in [0.1, 0.15) is 5.01 Å².